The number of allylic oxidation sites excluding steroid dienone is 8. The van der Waals surface area contributed by atoms with E-state index in [4.69, 9.17) is 0 Å². The SMILES string of the molecule is CCC1=[C]([Zr+2])CC(C2=CC=CC2)=C1CC.[Cl-].[Cl-]. The van der Waals surface area contributed by atoms with E-state index in [1.807, 2.05) is 0 Å². The molecule has 0 saturated heterocycles. The van der Waals surface area contributed by atoms with Crippen molar-refractivity contribution >= 4 is 0 Å². The molecule has 2 aliphatic rings. The van der Waals surface area contributed by atoms with E-state index in [1.165, 1.54) is 19.3 Å². The fourth-order valence-corrected chi connectivity index (χ4v) is 3.83. The monoisotopic (exact) mass is 345 g/mol. The van der Waals surface area contributed by atoms with Crippen LogP contribution in [0.15, 0.2) is 43.8 Å². The van der Waals surface area contributed by atoms with Crippen molar-refractivity contribution in [3.63, 3.8) is 0 Å². The average Bonchev–Trinajstić information content (AvgIpc) is 2.83. The fourth-order valence-electron chi connectivity index (χ4n) is 2.59. The summed E-state index contributed by atoms with van der Waals surface area (Å²) in [5, 5.41) is 0. The van der Waals surface area contributed by atoms with Gasteiger partial charge in [0.05, 0.1) is 0 Å². The van der Waals surface area contributed by atoms with Gasteiger partial charge in [0.15, 0.2) is 0 Å². The zero-order valence-electron chi connectivity index (χ0n) is 10.3. The minimum atomic E-state index is 0. The van der Waals surface area contributed by atoms with Gasteiger partial charge in [-0.2, -0.15) is 0 Å². The van der Waals surface area contributed by atoms with E-state index in [-0.39, 0.29) is 24.8 Å². The predicted molar refractivity (Wildman–Crippen MR) is 61.1 cm³/mol. The molecule has 0 nitrogen and oxygen atoms in total. The van der Waals surface area contributed by atoms with Gasteiger partial charge >= 0.3 is 108 Å². The van der Waals surface area contributed by atoms with Gasteiger partial charge in [0.2, 0.25) is 0 Å². The molecule has 2 rings (SSSR count). The zero-order chi connectivity index (χ0) is 10.8. The van der Waals surface area contributed by atoms with E-state index in [9.17, 15) is 0 Å². The van der Waals surface area contributed by atoms with Crippen LogP contribution in [0.25, 0.3) is 0 Å². The van der Waals surface area contributed by atoms with E-state index in [0.717, 1.165) is 6.42 Å². The van der Waals surface area contributed by atoms with Crippen molar-refractivity contribution in [1.82, 2.24) is 0 Å². The maximum atomic E-state index is 2.30. The molecule has 17 heavy (non-hydrogen) atoms. The molecule has 0 aromatic rings. The molecule has 0 amide bonds. The van der Waals surface area contributed by atoms with Crippen LogP contribution in [0.3, 0.4) is 0 Å². The molecule has 0 fully saturated rings. The van der Waals surface area contributed by atoms with Crippen molar-refractivity contribution < 1.29 is 49.5 Å². The summed E-state index contributed by atoms with van der Waals surface area (Å²) in [6, 6.07) is 0. The van der Waals surface area contributed by atoms with Crippen molar-refractivity contribution in [2.45, 2.75) is 39.5 Å². The second kappa shape index (κ2) is 7.77. The van der Waals surface area contributed by atoms with E-state index in [0.29, 0.717) is 0 Å². The summed E-state index contributed by atoms with van der Waals surface area (Å²) < 4.78 is 1.68. The first kappa shape index (κ1) is 17.4. The Hall–Kier alpha value is 0.423. The molecule has 91 valence electrons. The summed E-state index contributed by atoms with van der Waals surface area (Å²) in [5.74, 6) is 0. The predicted octanol–water partition coefficient (Wildman–Crippen LogP) is -1.80. The molecular weight excluding hydrogens is 330 g/mol. The summed E-state index contributed by atoms with van der Waals surface area (Å²) in [6.07, 6.45) is 11.6. The van der Waals surface area contributed by atoms with Gasteiger partial charge in [-0.25, -0.2) is 0 Å². The first-order valence-corrected chi connectivity index (χ1v) is 7.02. The smallest absolute Gasteiger partial charge is 1.00 e. The third-order valence-corrected chi connectivity index (χ3v) is 4.49. The minimum Gasteiger partial charge on any atom is -1.00 e. The molecule has 0 saturated carbocycles. The molecule has 0 heterocycles. The Balaban J connectivity index is 0.00000128. The van der Waals surface area contributed by atoms with Crippen molar-refractivity contribution in [1.29, 1.82) is 0 Å². The molecule has 3 heteroatoms. The maximum Gasteiger partial charge on any atom is -1.00 e. The molecule has 2 aliphatic carbocycles. The summed E-state index contributed by atoms with van der Waals surface area (Å²) in [4.78, 5) is 0. The standard InChI is InChI=1S/C14H17.2ClH.Zr/c1-3-11-9-10-14(13(11)4-2)12-7-5-6-8-12;;;/h5-7H,3-4,8,10H2,1-2H3;2*1H;/q;;;+2/p-2. The molecule has 0 bridgehead atoms. The minimum absolute atomic E-state index is 0. The molecule has 0 aromatic carbocycles. The summed E-state index contributed by atoms with van der Waals surface area (Å²) >= 11 is 1.61. The summed E-state index contributed by atoms with van der Waals surface area (Å²) in [5.41, 5.74) is 6.53. The number of hydrogen-bond acceptors (Lipinski definition) is 0. The largest absolute Gasteiger partial charge is 1.00 e. The number of rotatable bonds is 3. The molecular formula is C14H17Cl2Zr. The topological polar surface area (TPSA) is 0 Å². The molecule has 0 aliphatic heterocycles. The zero-order valence-corrected chi connectivity index (χ0v) is 14.3. The number of hydrogen-bond donors (Lipinski definition) is 0. The third kappa shape index (κ3) is 3.46. The van der Waals surface area contributed by atoms with Crippen LogP contribution in [0.5, 0.6) is 0 Å². The molecule has 0 atom stereocenters. The average molecular weight is 347 g/mol. The Bertz CT molecular complexity index is 400. The third-order valence-electron chi connectivity index (χ3n) is 3.31. The van der Waals surface area contributed by atoms with Crippen LogP contribution in [0.1, 0.15) is 39.5 Å². The second-order valence-electron chi connectivity index (χ2n) is 4.12. The van der Waals surface area contributed by atoms with Crippen LogP contribution in [0.4, 0.5) is 0 Å². The summed E-state index contributed by atoms with van der Waals surface area (Å²) in [6.45, 7) is 4.59. The van der Waals surface area contributed by atoms with Crippen LogP contribution in [0, 0.1) is 0 Å². The van der Waals surface area contributed by atoms with Crippen molar-refractivity contribution in [3.05, 3.63) is 43.8 Å². The normalized spacial score (nSPS) is 18.2. The van der Waals surface area contributed by atoms with E-state index in [1.54, 1.807) is 50.3 Å². The molecule has 0 unspecified atom stereocenters. The molecule has 0 spiro atoms. The first-order chi connectivity index (χ1) is 7.27. The van der Waals surface area contributed by atoms with Crippen molar-refractivity contribution in [3.8, 4) is 0 Å². The van der Waals surface area contributed by atoms with Crippen molar-refractivity contribution in [2.24, 2.45) is 0 Å². The molecule has 0 aromatic heterocycles. The Kier molecular flexibility index (Phi) is 7.96. The summed E-state index contributed by atoms with van der Waals surface area (Å²) in [7, 11) is 0. The van der Waals surface area contributed by atoms with Gasteiger partial charge in [-0.3, -0.25) is 0 Å². The Labute approximate surface area is 132 Å². The number of halogens is 2. The van der Waals surface area contributed by atoms with E-state index >= 15 is 0 Å². The van der Waals surface area contributed by atoms with Crippen molar-refractivity contribution in [2.75, 3.05) is 0 Å². The van der Waals surface area contributed by atoms with E-state index in [2.05, 4.69) is 32.1 Å². The Morgan fingerprint density at radius 3 is 2.24 bits per heavy atom. The van der Waals surface area contributed by atoms with Gasteiger partial charge in [0.25, 0.3) is 0 Å². The molecule has 0 N–H and O–H groups in total. The fraction of sp³-hybridized carbons (Fsp3) is 0.429. The second-order valence-corrected chi connectivity index (χ2v) is 5.61. The van der Waals surface area contributed by atoms with Crippen LogP contribution < -0.4 is 24.8 Å². The van der Waals surface area contributed by atoms with Gasteiger partial charge in [0.1, 0.15) is 0 Å². The van der Waals surface area contributed by atoms with E-state index < -0.39 is 0 Å². The van der Waals surface area contributed by atoms with Gasteiger partial charge in [-0.1, -0.05) is 0 Å². The Morgan fingerprint density at radius 1 is 1.12 bits per heavy atom. The maximum absolute atomic E-state index is 2.30. The van der Waals surface area contributed by atoms with Crippen LogP contribution in [-0.2, 0) is 24.7 Å². The quantitative estimate of drug-likeness (QED) is 0.565. The van der Waals surface area contributed by atoms with Crippen LogP contribution in [0.2, 0.25) is 0 Å². The van der Waals surface area contributed by atoms with Crippen LogP contribution >= 0.6 is 0 Å². The molecule has 0 radical (unpaired) electrons. The van der Waals surface area contributed by atoms with Gasteiger partial charge in [-0.15, -0.1) is 0 Å². The van der Waals surface area contributed by atoms with Gasteiger partial charge in [0, 0.05) is 0 Å². The van der Waals surface area contributed by atoms with Gasteiger partial charge in [-0.05, 0) is 0 Å². The Morgan fingerprint density at radius 2 is 1.76 bits per heavy atom. The van der Waals surface area contributed by atoms with Crippen LogP contribution in [-0.4, -0.2) is 0 Å². The van der Waals surface area contributed by atoms with Gasteiger partial charge < -0.3 is 24.8 Å². The first-order valence-electron chi connectivity index (χ1n) is 5.80.